The van der Waals surface area contributed by atoms with E-state index in [1.807, 2.05) is 30.5 Å². The highest BCUT2D eigenvalue weighted by Gasteiger charge is 2.23. The van der Waals surface area contributed by atoms with E-state index in [2.05, 4.69) is 15.6 Å². The Morgan fingerprint density at radius 2 is 1.86 bits per heavy atom. The SMILES string of the molecule is O=C(NC(Cc1c[nH]c2ccccc12)C(=O)NCCCO)c1ccccc1Cl. The first-order valence-corrected chi connectivity index (χ1v) is 9.47. The Hall–Kier alpha value is -2.83. The van der Waals surface area contributed by atoms with Gasteiger partial charge in [-0.2, -0.15) is 0 Å². The number of rotatable bonds is 8. The lowest BCUT2D eigenvalue weighted by Crippen LogP contribution is -2.48. The van der Waals surface area contributed by atoms with E-state index < -0.39 is 11.9 Å². The fourth-order valence-corrected chi connectivity index (χ4v) is 3.25. The number of carbonyl (C=O) groups excluding carboxylic acids is 2. The molecule has 0 aliphatic carbocycles. The molecule has 0 spiro atoms. The van der Waals surface area contributed by atoms with Crippen LogP contribution in [0, 0.1) is 0 Å². The van der Waals surface area contributed by atoms with Gasteiger partial charge in [-0.3, -0.25) is 9.59 Å². The molecule has 0 saturated carbocycles. The molecule has 146 valence electrons. The number of hydrogen-bond donors (Lipinski definition) is 4. The first-order valence-electron chi connectivity index (χ1n) is 9.09. The number of benzene rings is 2. The van der Waals surface area contributed by atoms with Gasteiger partial charge in [-0.05, 0) is 30.2 Å². The molecule has 0 bridgehead atoms. The van der Waals surface area contributed by atoms with Crippen LogP contribution in [-0.4, -0.2) is 41.1 Å². The highest BCUT2D eigenvalue weighted by Crippen LogP contribution is 2.20. The molecule has 0 aliphatic heterocycles. The number of aromatic amines is 1. The zero-order valence-electron chi connectivity index (χ0n) is 15.2. The van der Waals surface area contributed by atoms with E-state index in [1.165, 1.54) is 0 Å². The van der Waals surface area contributed by atoms with Crippen LogP contribution in [0.5, 0.6) is 0 Å². The summed E-state index contributed by atoms with van der Waals surface area (Å²) in [4.78, 5) is 28.5. The number of aromatic nitrogens is 1. The molecule has 4 N–H and O–H groups in total. The summed E-state index contributed by atoms with van der Waals surface area (Å²) < 4.78 is 0. The van der Waals surface area contributed by atoms with Crippen LogP contribution in [0.1, 0.15) is 22.3 Å². The fourth-order valence-electron chi connectivity index (χ4n) is 3.02. The van der Waals surface area contributed by atoms with E-state index in [-0.39, 0.29) is 12.5 Å². The van der Waals surface area contributed by atoms with E-state index in [9.17, 15) is 9.59 Å². The van der Waals surface area contributed by atoms with Crippen LogP contribution in [0.3, 0.4) is 0 Å². The van der Waals surface area contributed by atoms with Crippen LogP contribution in [0.15, 0.2) is 54.7 Å². The summed E-state index contributed by atoms with van der Waals surface area (Å²) in [5.74, 6) is -0.716. The van der Waals surface area contributed by atoms with Gasteiger partial charge in [0.05, 0.1) is 10.6 Å². The minimum Gasteiger partial charge on any atom is -0.396 e. The quantitative estimate of drug-likeness (QED) is 0.438. The third-order valence-electron chi connectivity index (χ3n) is 4.47. The summed E-state index contributed by atoms with van der Waals surface area (Å²) in [6, 6.07) is 13.7. The number of nitrogens with one attached hydrogen (secondary N) is 3. The molecule has 0 radical (unpaired) electrons. The zero-order valence-corrected chi connectivity index (χ0v) is 16.0. The highest BCUT2D eigenvalue weighted by molar-refractivity contribution is 6.33. The number of para-hydroxylation sites is 1. The van der Waals surface area contributed by atoms with E-state index in [4.69, 9.17) is 16.7 Å². The number of fused-ring (bicyclic) bond motifs is 1. The third-order valence-corrected chi connectivity index (χ3v) is 4.80. The molecule has 1 aromatic heterocycles. The highest BCUT2D eigenvalue weighted by atomic mass is 35.5. The lowest BCUT2D eigenvalue weighted by molar-refractivity contribution is -0.122. The Morgan fingerprint density at radius 1 is 1.11 bits per heavy atom. The van der Waals surface area contributed by atoms with Gasteiger partial charge in [0.15, 0.2) is 0 Å². The maximum Gasteiger partial charge on any atom is 0.253 e. The number of carbonyl (C=O) groups is 2. The molecule has 2 amide bonds. The number of H-pyrrole nitrogens is 1. The van der Waals surface area contributed by atoms with Crippen molar-refractivity contribution in [3.8, 4) is 0 Å². The Morgan fingerprint density at radius 3 is 2.64 bits per heavy atom. The van der Waals surface area contributed by atoms with Crippen molar-refractivity contribution in [2.45, 2.75) is 18.9 Å². The molecule has 1 heterocycles. The minimum absolute atomic E-state index is 0.0145. The van der Waals surface area contributed by atoms with Gasteiger partial charge in [0.25, 0.3) is 5.91 Å². The molecule has 1 unspecified atom stereocenters. The standard InChI is InChI=1S/C21H22ClN3O3/c22-17-8-3-1-7-16(17)20(27)25-19(21(28)23-10-5-11-26)12-14-13-24-18-9-4-2-6-15(14)18/h1-4,6-9,13,19,24,26H,5,10-12H2,(H,23,28)(H,25,27). The van der Waals surface area contributed by atoms with Crippen LogP contribution in [0.2, 0.25) is 5.02 Å². The van der Waals surface area contributed by atoms with Gasteiger partial charge in [0.1, 0.15) is 6.04 Å². The van der Waals surface area contributed by atoms with E-state index in [1.54, 1.807) is 24.3 Å². The molecule has 0 fully saturated rings. The van der Waals surface area contributed by atoms with E-state index in [0.717, 1.165) is 16.5 Å². The number of hydrogen-bond acceptors (Lipinski definition) is 3. The van der Waals surface area contributed by atoms with Crippen molar-refractivity contribution in [1.29, 1.82) is 0 Å². The van der Waals surface area contributed by atoms with E-state index >= 15 is 0 Å². The Bertz CT molecular complexity index is 970. The van der Waals surface area contributed by atoms with Gasteiger partial charge in [-0.15, -0.1) is 0 Å². The lowest BCUT2D eigenvalue weighted by Gasteiger charge is -2.19. The predicted octanol–water partition coefficient (Wildman–Crippen LogP) is 2.66. The second-order valence-electron chi connectivity index (χ2n) is 6.44. The van der Waals surface area contributed by atoms with Crippen molar-refractivity contribution in [3.63, 3.8) is 0 Å². The maximum absolute atomic E-state index is 12.7. The summed E-state index contributed by atoms with van der Waals surface area (Å²) in [5, 5.41) is 15.8. The third kappa shape index (κ3) is 4.71. The van der Waals surface area contributed by atoms with Gasteiger partial charge in [0, 0.05) is 36.7 Å². The molecule has 1 atom stereocenters. The maximum atomic E-state index is 12.7. The number of aliphatic hydroxyl groups excluding tert-OH is 1. The van der Waals surface area contributed by atoms with Crippen molar-refractivity contribution in [3.05, 3.63) is 70.9 Å². The summed E-state index contributed by atoms with van der Waals surface area (Å²) in [6.45, 7) is 0.320. The molecule has 3 rings (SSSR count). The van der Waals surface area contributed by atoms with Crippen LogP contribution in [0.25, 0.3) is 10.9 Å². The Labute approximate surface area is 167 Å². The zero-order chi connectivity index (χ0) is 19.9. The largest absolute Gasteiger partial charge is 0.396 e. The molecule has 2 aromatic carbocycles. The average molecular weight is 400 g/mol. The first kappa shape index (κ1) is 19.9. The number of aliphatic hydroxyl groups is 1. The molecule has 3 aromatic rings. The lowest BCUT2D eigenvalue weighted by atomic mass is 10.0. The van der Waals surface area contributed by atoms with Gasteiger partial charge in [0.2, 0.25) is 5.91 Å². The summed E-state index contributed by atoms with van der Waals surface area (Å²) in [5.41, 5.74) is 2.21. The van der Waals surface area contributed by atoms with Crippen molar-refractivity contribution in [2.75, 3.05) is 13.2 Å². The predicted molar refractivity (Wildman–Crippen MR) is 109 cm³/mol. The van der Waals surface area contributed by atoms with Crippen LogP contribution in [-0.2, 0) is 11.2 Å². The first-order chi connectivity index (χ1) is 13.6. The molecule has 0 aliphatic rings. The molecule has 28 heavy (non-hydrogen) atoms. The fraction of sp³-hybridized carbons (Fsp3) is 0.238. The molecule has 7 heteroatoms. The topological polar surface area (TPSA) is 94.2 Å². The average Bonchev–Trinajstić information content (AvgIpc) is 3.11. The second-order valence-corrected chi connectivity index (χ2v) is 6.84. The second kappa shape index (κ2) is 9.39. The van der Waals surface area contributed by atoms with Gasteiger partial charge in [-0.1, -0.05) is 41.9 Å². The molecular weight excluding hydrogens is 378 g/mol. The monoisotopic (exact) mass is 399 g/mol. The summed E-state index contributed by atoms with van der Waals surface area (Å²) in [7, 11) is 0. The van der Waals surface area contributed by atoms with Crippen molar-refractivity contribution >= 4 is 34.3 Å². The van der Waals surface area contributed by atoms with Gasteiger partial charge < -0.3 is 20.7 Å². The van der Waals surface area contributed by atoms with E-state index in [0.29, 0.717) is 30.0 Å². The molecule has 0 saturated heterocycles. The Kier molecular flexibility index (Phi) is 6.68. The van der Waals surface area contributed by atoms with Gasteiger partial charge >= 0.3 is 0 Å². The smallest absolute Gasteiger partial charge is 0.253 e. The minimum atomic E-state index is -0.776. The van der Waals surface area contributed by atoms with Crippen LogP contribution >= 0.6 is 11.6 Å². The summed E-state index contributed by atoms with van der Waals surface area (Å²) >= 11 is 6.11. The number of amides is 2. The van der Waals surface area contributed by atoms with Crippen LogP contribution < -0.4 is 10.6 Å². The van der Waals surface area contributed by atoms with Crippen molar-refractivity contribution < 1.29 is 14.7 Å². The van der Waals surface area contributed by atoms with Crippen molar-refractivity contribution in [2.24, 2.45) is 0 Å². The van der Waals surface area contributed by atoms with Crippen molar-refractivity contribution in [1.82, 2.24) is 15.6 Å². The number of halogens is 1. The van der Waals surface area contributed by atoms with Crippen LogP contribution in [0.4, 0.5) is 0 Å². The normalized spacial score (nSPS) is 11.9. The molecular formula is C21H22ClN3O3. The summed E-state index contributed by atoms with van der Waals surface area (Å²) in [6.07, 6.45) is 2.62. The molecule has 6 nitrogen and oxygen atoms in total. The Balaban J connectivity index is 1.81. The van der Waals surface area contributed by atoms with Gasteiger partial charge in [-0.25, -0.2) is 0 Å².